The number of hydrogen-bond acceptors (Lipinski definition) is 5. The third-order valence-electron chi connectivity index (χ3n) is 5.67. The van der Waals surface area contributed by atoms with E-state index in [9.17, 15) is 14.0 Å². The molecule has 4 aromatic rings. The summed E-state index contributed by atoms with van der Waals surface area (Å²) in [5, 5.41) is 0.431. The number of hydrogen-bond donors (Lipinski definition) is 0. The highest BCUT2D eigenvalue weighted by Gasteiger charge is 2.27. The minimum atomic E-state index is -0.414. The Morgan fingerprint density at radius 2 is 1.70 bits per heavy atom. The van der Waals surface area contributed by atoms with E-state index in [1.807, 2.05) is 18.2 Å². The number of halogens is 1. The number of aromatic nitrogens is 1. The molecule has 33 heavy (non-hydrogen) atoms. The molecule has 1 aromatic heterocycles. The molecular formula is C26H21FN2O3S. The van der Waals surface area contributed by atoms with E-state index in [0.717, 1.165) is 12.8 Å². The van der Waals surface area contributed by atoms with Crippen LogP contribution < -0.4 is 4.90 Å². The van der Waals surface area contributed by atoms with Crippen molar-refractivity contribution in [1.29, 1.82) is 0 Å². The fraction of sp³-hybridized carbons (Fsp3) is 0.192. The average molecular weight is 461 g/mol. The topological polar surface area (TPSA) is 59.5 Å². The van der Waals surface area contributed by atoms with Crippen molar-refractivity contribution in [2.45, 2.75) is 18.9 Å². The van der Waals surface area contributed by atoms with Crippen LogP contribution in [0.3, 0.4) is 0 Å². The van der Waals surface area contributed by atoms with Gasteiger partial charge in [-0.1, -0.05) is 59.9 Å². The molecule has 1 unspecified atom stereocenters. The zero-order valence-electron chi connectivity index (χ0n) is 17.7. The minimum Gasteiger partial charge on any atom is -0.376 e. The van der Waals surface area contributed by atoms with Gasteiger partial charge in [-0.15, -0.1) is 0 Å². The van der Waals surface area contributed by atoms with Gasteiger partial charge in [0.05, 0.1) is 17.3 Å². The van der Waals surface area contributed by atoms with Crippen molar-refractivity contribution in [2.24, 2.45) is 0 Å². The van der Waals surface area contributed by atoms with Crippen LogP contribution in [0.5, 0.6) is 0 Å². The van der Waals surface area contributed by atoms with Crippen LogP contribution >= 0.6 is 11.3 Å². The first-order valence-corrected chi connectivity index (χ1v) is 11.6. The average Bonchev–Trinajstić information content (AvgIpc) is 3.53. The summed E-state index contributed by atoms with van der Waals surface area (Å²) in [6, 6.07) is 20.4. The highest BCUT2D eigenvalue weighted by molar-refractivity contribution is 7.22. The zero-order chi connectivity index (χ0) is 22.8. The van der Waals surface area contributed by atoms with Gasteiger partial charge in [-0.05, 0) is 37.1 Å². The Kier molecular flexibility index (Phi) is 5.98. The van der Waals surface area contributed by atoms with Gasteiger partial charge in [-0.2, -0.15) is 0 Å². The number of nitrogens with zero attached hydrogens (tertiary/aromatic N) is 2. The SMILES string of the molecule is O=C(c1ccccc1)c1ccc(C(=O)N(CC2CCCO2)c2nc3c(F)cccc3s2)cc1. The summed E-state index contributed by atoms with van der Waals surface area (Å²) in [4.78, 5) is 32.2. The van der Waals surface area contributed by atoms with Crippen LogP contribution in [0.25, 0.3) is 10.2 Å². The number of amides is 1. The van der Waals surface area contributed by atoms with Gasteiger partial charge in [0.1, 0.15) is 11.3 Å². The second-order valence-electron chi connectivity index (χ2n) is 7.91. The maximum atomic E-state index is 14.2. The summed E-state index contributed by atoms with van der Waals surface area (Å²) >= 11 is 1.28. The first-order chi connectivity index (χ1) is 16.1. The van der Waals surface area contributed by atoms with E-state index in [-0.39, 0.29) is 23.3 Å². The molecule has 2 heterocycles. The smallest absolute Gasteiger partial charge is 0.260 e. The fourth-order valence-electron chi connectivity index (χ4n) is 3.93. The normalized spacial score (nSPS) is 15.6. The van der Waals surface area contributed by atoms with Gasteiger partial charge in [0.2, 0.25) is 0 Å². The summed E-state index contributed by atoms with van der Waals surface area (Å²) in [6.07, 6.45) is 1.70. The lowest BCUT2D eigenvalue weighted by Crippen LogP contribution is -2.37. The summed E-state index contributed by atoms with van der Waals surface area (Å²) in [5.74, 6) is -0.778. The van der Waals surface area contributed by atoms with E-state index < -0.39 is 5.82 Å². The van der Waals surface area contributed by atoms with Gasteiger partial charge in [-0.3, -0.25) is 14.5 Å². The predicted molar refractivity (Wildman–Crippen MR) is 127 cm³/mol. The number of ether oxygens (including phenoxy) is 1. The largest absolute Gasteiger partial charge is 0.376 e. The van der Waals surface area contributed by atoms with Crippen molar-refractivity contribution in [3.63, 3.8) is 0 Å². The predicted octanol–water partition coefficient (Wildman–Crippen LogP) is 5.49. The molecule has 0 N–H and O–H groups in total. The van der Waals surface area contributed by atoms with Gasteiger partial charge in [0, 0.05) is 23.3 Å². The lowest BCUT2D eigenvalue weighted by Gasteiger charge is -2.23. The van der Waals surface area contributed by atoms with E-state index in [2.05, 4.69) is 4.98 Å². The Morgan fingerprint density at radius 3 is 2.39 bits per heavy atom. The van der Waals surface area contributed by atoms with E-state index in [4.69, 9.17) is 4.74 Å². The van der Waals surface area contributed by atoms with Crippen molar-refractivity contribution in [3.05, 3.63) is 95.3 Å². The molecule has 5 rings (SSSR count). The molecular weight excluding hydrogens is 439 g/mol. The molecule has 1 amide bonds. The fourth-order valence-corrected chi connectivity index (χ4v) is 4.92. The molecule has 5 nitrogen and oxygen atoms in total. The monoisotopic (exact) mass is 460 g/mol. The number of rotatable bonds is 6. The Hall–Kier alpha value is -3.42. The molecule has 1 aliphatic heterocycles. The van der Waals surface area contributed by atoms with E-state index in [1.54, 1.807) is 53.4 Å². The number of fused-ring (bicyclic) bond motifs is 1. The molecule has 7 heteroatoms. The summed E-state index contributed by atoms with van der Waals surface area (Å²) in [6.45, 7) is 1.00. The quantitative estimate of drug-likeness (QED) is 0.357. The Bertz CT molecular complexity index is 1300. The third-order valence-corrected chi connectivity index (χ3v) is 6.72. The Labute approximate surface area is 194 Å². The highest BCUT2D eigenvalue weighted by Crippen LogP contribution is 2.32. The number of benzene rings is 3. The molecule has 166 valence electrons. The lowest BCUT2D eigenvalue weighted by molar-refractivity contribution is 0.0917. The van der Waals surface area contributed by atoms with Crippen molar-refractivity contribution >= 4 is 38.4 Å². The van der Waals surface area contributed by atoms with Gasteiger partial charge in [0.15, 0.2) is 10.9 Å². The van der Waals surface area contributed by atoms with Crippen LogP contribution in [0.1, 0.15) is 39.1 Å². The first kappa shape index (κ1) is 21.4. The van der Waals surface area contributed by atoms with Gasteiger partial charge < -0.3 is 4.74 Å². The van der Waals surface area contributed by atoms with Crippen LogP contribution in [0.15, 0.2) is 72.8 Å². The van der Waals surface area contributed by atoms with Crippen molar-refractivity contribution < 1.29 is 18.7 Å². The van der Waals surface area contributed by atoms with Crippen molar-refractivity contribution in [1.82, 2.24) is 4.98 Å². The zero-order valence-corrected chi connectivity index (χ0v) is 18.6. The number of para-hydroxylation sites is 1. The van der Waals surface area contributed by atoms with Crippen molar-refractivity contribution in [3.8, 4) is 0 Å². The lowest BCUT2D eigenvalue weighted by atomic mass is 10.0. The number of ketones is 1. The maximum absolute atomic E-state index is 14.2. The maximum Gasteiger partial charge on any atom is 0.260 e. The van der Waals surface area contributed by atoms with E-state index >= 15 is 0 Å². The molecule has 0 bridgehead atoms. The van der Waals surface area contributed by atoms with Crippen LogP contribution in [-0.4, -0.2) is 35.9 Å². The molecule has 1 saturated heterocycles. The van der Waals surface area contributed by atoms with E-state index in [1.165, 1.54) is 17.4 Å². The number of carbonyl (C=O) groups excluding carboxylic acids is 2. The molecule has 3 aromatic carbocycles. The molecule has 0 radical (unpaired) electrons. The Morgan fingerprint density at radius 1 is 0.970 bits per heavy atom. The number of thiazole rings is 1. The molecule has 0 aliphatic carbocycles. The first-order valence-electron chi connectivity index (χ1n) is 10.8. The molecule has 0 spiro atoms. The molecule has 1 atom stereocenters. The second-order valence-corrected chi connectivity index (χ2v) is 8.92. The summed E-state index contributed by atoms with van der Waals surface area (Å²) < 4.78 is 20.7. The Balaban J connectivity index is 1.45. The van der Waals surface area contributed by atoms with Crippen LogP contribution in [0, 0.1) is 5.82 Å². The standard InChI is InChI=1S/C26H21FN2O3S/c27-21-9-4-10-22-23(21)28-26(33-22)29(16-20-8-5-15-32-20)25(31)19-13-11-18(12-14-19)24(30)17-6-2-1-3-7-17/h1-4,6-7,9-14,20H,5,8,15-16H2. The third kappa shape index (κ3) is 4.42. The van der Waals surface area contributed by atoms with Gasteiger partial charge in [0.25, 0.3) is 5.91 Å². The second kappa shape index (κ2) is 9.21. The van der Waals surface area contributed by atoms with Crippen LogP contribution in [0.2, 0.25) is 0 Å². The van der Waals surface area contributed by atoms with E-state index in [0.29, 0.717) is 39.7 Å². The highest BCUT2D eigenvalue weighted by atomic mass is 32.1. The molecule has 1 fully saturated rings. The van der Waals surface area contributed by atoms with Crippen molar-refractivity contribution in [2.75, 3.05) is 18.1 Å². The molecule has 0 saturated carbocycles. The summed E-state index contributed by atoms with van der Waals surface area (Å²) in [5.41, 5.74) is 1.78. The minimum absolute atomic E-state index is 0.0928. The van der Waals surface area contributed by atoms with Crippen LogP contribution in [0.4, 0.5) is 9.52 Å². The molecule has 1 aliphatic rings. The number of anilines is 1. The van der Waals surface area contributed by atoms with Gasteiger partial charge in [-0.25, -0.2) is 9.37 Å². The summed E-state index contributed by atoms with van der Waals surface area (Å²) in [7, 11) is 0. The van der Waals surface area contributed by atoms with Gasteiger partial charge >= 0.3 is 0 Å². The number of carbonyl (C=O) groups is 2. The van der Waals surface area contributed by atoms with Crippen LogP contribution in [-0.2, 0) is 4.74 Å².